The number of hydrogen-bond donors (Lipinski definition) is 1. The number of nitrogens with one attached hydrogen (secondary N) is 1. The molecule has 24 heavy (non-hydrogen) atoms. The third-order valence-electron chi connectivity index (χ3n) is 3.78. The van der Waals surface area contributed by atoms with Gasteiger partial charge in [0, 0.05) is 19.1 Å². The summed E-state index contributed by atoms with van der Waals surface area (Å²) in [5.74, 6) is -1.59. The molecule has 0 saturated carbocycles. The molecule has 1 aliphatic rings. The van der Waals surface area contributed by atoms with E-state index in [1.54, 1.807) is 12.1 Å². The van der Waals surface area contributed by atoms with Crippen LogP contribution in [-0.4, -0.2) is 48.6 Å². The lowest BCUT2D eigenvalue weighted by atomic mass is 10.0. The minimum Gasteiger partial charge on any atom is -0.484 e. The van der Waals surface area contributed by atoms with Gasteiger partial charge in [0.1, 0.15) is 5.75 Å². The molecule has 5 nitrogen and oxygen atoms in total. The number of likely N-dealkylation sites (tertiary alicyclic amines) is 1. The summed E-state index contributed by atoms with van der Waals surface area (Å²) in [7, 11) is 0. The van der Waals surface area contributed by atoms with Crippen LogP contribution in [0.4, 0.5) is 13.2 Å². The van der Waals surface area contributed by atoms with Gasteiger partial charge in [-0.25, -0.2) is 0 Å². The Balaban J connectivity index is 1.72. The monoisotopic (exact) mass is 344 g/mol. The fourth-order valence-corrected chi connectivity index (χ4v) is 2.46. The number of nitrogens with zero attached hydrogens (tertiary/aromatic N) is 1. The maximum Gasteiger partial charge on any atom is 0.471 e. The zero-order chi connectivity index (χ0) is 17.7. The lowest BCUT2D eigenvalue weighted by Crippen LogP contribution is -2.50. The van der Waals surface area contributed by atoms with Crippen LogP contribution in [0.25, 0.3) is 0 Å². The highest BCUT2D eigenvalue weighted by atomic mass is 19.4. The van der Waals surface area contributed by atoms with E-state index in [1.807, 2.05) is 19.1 Å². The molecule has 2 amide bonds. The Morgan fingerprint density at radius 3 is 2.33 bits per heavy atom. The minimum atomic E-state index is -4.85. The van der Waals surface area contributed by atoms with E-state index in [9.17, 15) is 22.8 Å². The maximum absolute atomic E-state index is 12.3. The number of benzene rings is 1. The Labute approximate surface area is 137 Å². The van der Waals surface area contributed by atoms with Gasteiger partial charge in [-0.3, -0.25) is 9.59 Å². The number of halogens is 3. The molecular formula is C16H19F3N2O3. The van der Waals surface area contributed by atoms with Crippen LogP contribution in [0, 0.1) is 6.92 Å². The molecule has 0 aromatic heterocycles. The minimum absolute atomic E-state index is 0.0257. The molecule has 1 N–H and O–H groups in total. The molecule has 8 heteroatoms. The van der Waals surface area contributed by atoms with E-state index in [-0.39, 0.29) is 44.5 Å². The normalized spacial score (nSPS) is 15.9. The molecule has 1 saturated heterocycles. The topological polar surface area (TPSA) is 58.6 Å². The molecule has 0 aliphatic carbocycles. The molecule has 1 aromatic rings. The predicted octanol–water partition coefficient (Wildman–Crippen LogP) is 2.04. The third-order valence-corrected chi connectivity index (χ3v) is 3.78. The second-order valence-electron chi connectivity index (χ2n) is 5.73. The Morgan fingerprint density at radius 2 is 1.79 bits per heavy atom. The van der Waals surface area contributed by atoms with Gasteiger partial charge in [0.15, 0.2) is 6.61 Å². The van der Waals surface area contributed by atoms with Crippen LogP contribution in [0.2, 0.25) is 0 Å². The summed E-state index contributed by atoms with van der Waals surface area (Å²) in [6, 6.07) is 6.98. The Bertz CT molecular complexity index is 579. The van der Waals surface area contributed by atoms with Crippen molar-refractivity contribution >= 4 is 11.8 Å². The molecule has 1 fully saturated rings. The molecular weight excluding hydrogens is 325 g/mol. The van der Waals surface area contributed by atoms with E-state index in [1.165, 1.54) is 0 Å². The molecule has 1 heterocycles. The summed E-state index contributed by atoms with van der Waals surface area (Å²) in [5.41, 5.74) is 1.08. The van der Waals surface area contributed by atoms with Gasteiger partial charge in [-0.05, 0) is 31.9 Å². The Hall–Kier alpha value is -2.25. The van der Waals surface area contributed by atoms with Gasteiger partial charge in [-0.15, -0.1) is 0 Å². The zero-order valence-corrected chi connectivity index (χ0v) is 13.2. The summed E-state index contributed by atoms with van der Waals surface area (Å²) in [6.45, 7) is 1.72. The average molecular weight is 344 g/mol. The van der Waals surface area contributed by atoms with Crippen LogP contribution in [0.5, 0.6) is 5.75 Å². The zero-order valence-electron chi connectivity index (χ0n) is 13.2. The number of rotatable bonds is 4. The SMILES string of the molecule is Cc1ccc(OCC(=O)NC2CCN(C(=O)C(F)(F)F)CC2)cc1. The van der Waals surface area contributed by atoms with Crippen molar-refractivity contribution in [2.24, 2.45) is 0 Å². The van der Waals surface area contributed by atoms with E-state index in [0.29, 0.717) is 5.75 Å². The average Bonchev–Trinajstić information content (AvgIpc) is 2.53. The molecule has 132 valence electrons. The number of aryl methyl sites for hydroxylation is 1. The Morgan fingerprint density at radius 1 is 1.21 bits per heavy atom. The van der Waals surface area contributed by atoms with Crippen molar-refractivity contribution in [1.82, 2.24) is 10.2 Å². The van der Waals surface area contributed by atoms with E-state index in [2.05, 4.69) is 5.32 Å². The summed E-state index contributed by atoms with van der Waals surface area (Å²) in [6.07, 6.45) is -4.27. The first-order chi connectivity index (χ1) is 11.3. The first-order valence-corrected chi connectivity index (χ1v) is 7.60. The fraction of sp³-hybridized carbons (Fsp3) is 0.500. The van der Waals surface area contributed by atoms with Crippen LogP contribution in [-0.2, 0) is 9.59 Å². The van der Waals surface area contributed by atoms with Crippen LogP contribution >= 0.6 is 0 Å². The van der Waals surface area contributed by atoms with E-state index in [0.717, 1.165) is 10.5 Å². The van der Waals surface area contributed by atoms with Crippen molar-refractivity contribution in [3.63, 3.8) is 0 Å². The van der Waals surface area contributed by atoms with E-state index >= 15 is 0 Å². The number of hydrogen-bond acceptors (Lipinski definition) is 3. The van der Waals surface area contributed by atoms with Crippen molar-refractivity contribution in [2.75, 3.05) is 19.7 Å². The highest BCUT2D eigenvalue weighted by Crippen LogP contribution is 2.21. The van der Waals surface area contributed by atoms with Gasteiger partial charge in [-0.1, -0.05) is 17.7 Å². The quantitative estimate of drug-likeness (QED) is 0.909. The third kappa shape index (κ3) is 5.14. The predicted molar refractivity (Wildman–Crippen MR) is 80.5 cm³/mol. The Kier molecular flexibility index (Phi) is 5.69. The van der Waals surface area contributed by atoms with Gasteiger partial charge in [-0.2, -0.15) is 13.2 Å². The number of alkyl halides is 3. The lowest BCUT2D eigenvalue weighted by Gasteiger charge is -2.32. The molecule has 1 aromatic carbocycles. The smallest absolute Gasteiger partial charge is 0.471 e. The van der Waals surface area contributed by atoms with Gasteiger partial charge < -0.3 is 15.0 Å². The van der Waals surface area contributed by atoms with Gasteiger partial charge >= 0.3 is 12.1 Å². The first kappa shape index (κ1) is 18.1. The van der Waals surface area contributed by atoms with Crippen LogP contribution in [0.15, 0.2) is 24.3 Å². The van der Waals surface area contributed by atoms with Crippen molar-refractivity contribution in [3.8, 4) is 5.75 Å². The lowest BCUT2D eigenvalue weighted by molar-refractivity contribution is -0.186. The molecule has 1 aliphatic heterocycles. The van der Waals surface area contributed by atoms with Crippen molar-refractivity contribution < 1.29 is 27.5 Å². The van der Waals surface area contributed by atoms with Crippen molar-refractivity contribution in [1.29, 1.82) is 0 Å². The summed E-state index contributed by atoms with van der Waals surface area (Å²) < 4.78 is 42.4. The molecule has 0 radical (unpaired) electrons. The van der Waals surface area contributed by atoms with Crippen molar-refractivity contribution in [3.05, 3.63) is 29.8 Å². The molecule has 0 bridgehead atoms. The van der Waals surface area contributed by atoms with E-state index in [4.69, 9.17) is 4.74 Å². The van der Waals surface area contributed by atoms with Crippen LogP contribution in [0.1, 0.15) is 18.4 Å². The first-order valence-electron chi connectivity index (χ1n) is 7.60. The van der Waals surface area contributed by atoms with E-state index < -0.39 is 12.1 Å². The van der Waals surface area contributed by atoms with Crippen LogP contribution < -0.4 is 10.1 Å². The van der Waals surface area contributed by atoms with Gasteiger partial charge in [0.25, 0.3) is 5.91 Å². The van der Waals surface area contributed by atoms with Gasteiger partial charge in [0.2, 0.25) is 0 Å². The summed E-state index contributed by atoms with van der Waals surface area (Å²) in [4.78, 5) is 23.7. The summed E-state index contributed by atoms with van der Waals surface area (Å²) >= 11 is 0. The number of ether oxygens (including phenoxy) is 1. The molecule has 0 unspecified atom stereocenters. The number of carbonyl (C=O) groups excluding carboxylic acids is 2. The van der Waals surface area contributed by atoms with Gasteiger partial charge in [0.05, 0.1) is 0 Å². The number of carbonyl (C=O) groups is 2. The molecule has 2 rings (SSSR count). The van der Waals surface area contributed by atoms with Crippen LogP contribution in [0.3, 0.4) is 0 Å². The number of amides is 2. The molecule has 0 atom stereocenters. The highest BCUT2D eigenvalue weighted by molar-refractivity contribution is 5.82. The fourth-order valence-electron chi connectivity index (χ4n) is 2.46. The second-order valence-corrected chi connectivity index (χ2v) is 5.73. The maximum atomic E-state index is 12.3. The molecule has 0 spiro atoms. The van der Waals surface area contributed by atoms with Crippen molar-refractivity contribution in [2.45, 2.75) is 32.0 Å². The standard InChI is InChI=1S/C16H19F3N2O3/c1-11-2-4-13(5-3-11)24-10-14(22)20-12-6-8-21(9-7-12)15(23)16(17,18)19/h2-5,12H,6-10H2,1H3,(H,20,22). The summed E-state index contributed by atoms with van der Waals surface area (Å²) in [5, 5.41) is 2.72. The number of piperidine rings is 1. The largest absolute Gasteiger partial charge is 0.484 e. The highest BCUT2D eigenvalue weighted by Gasteiger charge is 2.43. The second kappa shape index (κ2) is 7.55.